The van der Waals surface area contributed by atoms with Crippen molar-refractivity contribution >= 4 is 27.3 Å². The molecule has 0 aliphatic heterocycles. The molecule has 3 rings (SSSR count). The quantitative estimate of drug-likeness (QED) is 0.452. The summed E-state index contributed by atoms with van der Waals surface area (Å²) < 4.78 is 33.4. The molecule has 0 saturated heterocycles. The summed E-state index contributed by atoms with van der Waals surface area (Å²) in [6, 6.07) is 9.22. The number of aromatic nitrogens is 2. The number of sulfonamides is 1. The average Bonchev–Trinajstić information content (AvgIpc) is 3.18. The number of nitro groups is 1. The predicted molar refractivity (Wildman–Crippen MR) is 99.5 cm³/mol. The number of nitro benzene ring substituents is 1. The van der Waals surface area contributed by atoms with Gasteiger partial charge < -0.3 is 4.42 Å². The minimum absolute atomic E-state index is 0.0703. The molecule has 2 aromatic heterocycles. The van der Waals surface area contributed by atoms with Crippen LogP contribution in [0.1, 0.15) is 0 Å². The molecule has 10 nitrogen and oxygen atoms in total. The Balaban J connectivity index is 1.76. The van der Waals surface area contributed by atoms with Crippen molar-refractivity contribution in [1.29, 1.82) is 0 Å². The van der Waals surface area contributed by atoms with E-state index in [-0.39, 0.29) is 18.1 Å². The zero-order valence-electron chi connectivity index (χ0n) is 14.1. The summed E-state index contributed by atoms with van der Waals surface area (Å²) >= 11 is 5.86. The van der Waals surface area contributed by atoms with E-state index < -0.39 is 31.1 Å². The van der Waals surface area contributed by atoms with Gasteiger partial charge in [-0.3, -0.25) is 14.9 Å². The number of halogens is 1. The second-order valence-corrected chi connectivity index (χ2v) is 7.67. The number of nitrogens with zero attached hydrogens (tertiary/aromatic N) is 3. The summed E-state index contributed by atoms with van der Waals surface area (Å²) in [6.45, 7) is -0.255. The minimum Gasteiger partial charge on any atom is -0.463 e. The van der Waals surface area contributed by atoms with Gasteiger partial charge in [0, 0.05) is 24.7 Å². The smallest absolute Gasteiger partial charge is 0.270 e. The van der Waals surface area contributed by atoms with Crippen molar-refractivity contribution in [2.75, 3.05) is 6.54 Å². The number of nitrogens with one attached hydrogen (secondary N) is 1. The van der Waals surface area contributed by atoms with Crippen LogP contribution in [-0.2, 0) is 16.6 Å². The molecule has 28 heavy (non-hydrogen) atoms. The normalized spacial score (nSPS) is 11.5. The van der Waals surface area contributed by atoms with E-state index in [0.29, 0.717) is 11.5 Å². The molecular formula is C16H13ClN4O6S. The lowest BCUT2D eigenvalue weighted by atomic mass is 10.3. The van der Waals surface area contributed by atoms with Crippen LogP contribution in [0.5, 0.6) is 0 Å². The number of hydrogen-bond acceptors (Lipinski definition) is 7. The van der Waals surface area contributed by atoms with Crippen LogP contribution < -0.4 is 10.3 Å². The highest BCUT2D eigenvalue weighted by Gasteiger charge is 2.21. The molecule has 12 heteroatoms. The van der Waals surface area contributed by atoms with Gasteiger partial charge in [0.15, 0.2) is 5.76 Å². The Kier molecular flexibility index (Phi) is 5.58. The molecule has 0 amide bonds. The van der Waals surface area contributed by atoms with E-state index in [1.54, 1.807) is 12.1 Å². The van der Waals surface area contributed by atoms with Crippen molar-refractivity contribution in [1.82, 2.24) is 14.5 Å². The lowest BCUT2D eigenvalue weighted by molar-refractivity contribution is -0.385. The Morgan fingerprint density at radius 3 is 2.71 bits per heavy atom. The summed E-state index contributed by atoms with van der Waals surface area (Å²) in [4.78, 5) is 21.6. The van der Waals surface area contributed by atoms with Crippen molar-refractivity contribution < 1.29 is 17.8 Å². The summed E-state index contributed by atoms with van der Waals surface area (Å²) in [5.41, 5.74) is -0.425. The summed E-state index contributed by atoms with van der Waals surface area (Å²) in [5.74, 6) is 0.456. The number of rotatable bonds is 7. The third kappa shape index (κ3) is 4.27. The van der Waals surface area contributed by atoms with E-state index in [4.69, 9.17) is 16.0 Å². The fraction of sp³-hybridized carbons (Fsp3) is 0.125. The van der Waals surface area contributed by atoms with E-state index in [1.807, 2.05) is 0 Å². The van der Waals surface area contributed by atoms with Gasteiger partial charge in [-0.1, -0.05) is 11.6 Å². The molecule has 0 atom stereocenters. The maximum atomic E-state index is 12.4. The maximum Gasteiger partial charge on any atom is 0.270 e. The highest BCUT2D eigenvalue weighted by atomic mass is 35.5. The maximum absolute atomic E-state index is 12.4. The minimum atomic E-state index is -4.13. The van der Waals surface area contributed by atoms with Gasteiger partial charge in [-0.2, -0.15) is 5.10 Å². The first-order valence-electron chi connectivity index (χ1n) is 7.83. The van der Waals surface area contributed by atoms with Crippen LogP contribution in [0.4, 0.5) is 5.69 Å². The van der Waals surface area contributed by atoms with Crippen molar-refractivity contribution in [3.05, 3.63) is 74.2 Å². The summed E-state index contributed by atoms with van der Waals surface area (Å²) in [7, 11) is -4.13. The molecule has 0 radical (unpaired) electrons. The van der Waals surface area contributed by atoms with Gasteiger partial charge in [0.1, 0.15) is 10.6 Å². The average molecular weight is 425 g/mol. The van der Waals surface area contributed by atoms with Gasteiger partial charge in [0.2, 0.25) is 10.0 Å². The van der Waals surface area contributed by atoms with Gasteiger partial charge in [-0.15, -0.1) is 0 Å². The van der Waals surface area contributed by atoms with Crippen molar-refractivity contribution in [3.8, 4) is 11.5 Å². The van der Waals surface area contributed by atoms with Crippen LogP contribution in [0.25, 0.3) is 11.5 Å². The van der Waals surface area contributed by atoms with Crippen LogP contribution in [0.3, 0.4) is 0 Å². The van der Waals surface area contributed by atoms with Crippen LogP contribution >= 0.6 is 11.6 Å². The lowest BCUT2D eigenvalue weighted by Gasteiger charge is -2.09. The molecule has 1 N–H and O–H groups in total. The monoisotopic (exact) mass is 424 g/mol. The van der Waals surface area contributed by atoms with Gasteiger partial charge in [0.05, 0.1) is 22.8 Å². The third-order valence-electron chi connectivity index (χ3n) is 3.67. The standard InChI is InChI=1S/C16H13ClN4O6S/c17-12-4-3-11(21(23)24)10-15(12)28(25,26)18-7-8-20-16(22)6-5-13(19-20)14-2-1-9-27-14/h1-6,9-10,18H,7-8H2. The number of furan rings is 1. The summed E-state index contributed by atoms with van der Waals surface area (Å²) in [5, 5.41) is 14.8. The molecule has 3 aromatic rings. The first-order valence-corrected chi connectivity index (χ1v) is 9.70. The van der Waals surface area contributed by atoms with Crippen LogP contribution in [-0.4, -0.2) is 29.7 Å². The highest BCUT2D eigenvalue weighted by molar-refractivity contribution is 7.89. The molecule has 0 fully saturated rings. The molecule has 0 saturated carbocycles. The molecule has 146 valence electrons. The fourth-order valence-electron chi connectivity index (χ4n) is 2.34. The topological polar surface area (TPSA) is 137 Å². The zero-order chi connectivity index (χ0) is 20.3. The molecule has 0 spiro atoms. The van der Waals surface area contributed by atoms with Crippen molar-refractivity contribution in [2.45, 2.75) is 11.4 Å². The van der Waals surface area contributed by atoms with Crippen LogP contribution in [0, 0.1) is 10.1 Å². The SMILES string of the molecule is O=c1ccc(-c2ccco2)nn1CCNS(=O)(=O)c1cc([N+](=O)[O-])ccc1Cl. The Morgan fingerprint density at radius 1 is 1.25 bits per heavy atom. The van der Waals surface area contributed by atoms with E-state index in [9.17, 15) is 23.3 Å². The Morgan fingerprint density at radius 2 is 2.04 bits per heavy atom. The fourth-order valence-corrected chi connectivity index (χ4v) is 3.88. The largest absolute Gasteiger partial charge is 0.463 e. The van der Waals surface area contributed by atoms with E-state index in [0.717, 1.165) is 22.9 Å². The number of benzene rings is 1. The zero-order valence-corrected chi connectivity index (χ0v) is 15.7. The Bertz CT molecular complexity index is 1170. The number of hydrogen-bond donors (Lipinski definition) is 1. The van der Waals surface area contributed by atoms with E-state index in [1.165, 1.54) is 18.4 Å². The Labute approximate surface area is 163 Å². The van der Waals surface area contributed by atoms with E-state index >= 15 is 0 Å². The number of non-ortho nitro benzene ring substituents is 1. The Hall–Kier alpha value is -3.02. The van der Waals surface area contributed by atoms with Gasteiger partial charge in [-0.25, -0.2) is 17.8 Å². The van der Waals surface area contributed by atoms with Gasteiger partial charge >= 0.3 is 0 Å². The highest BCUT2D eigenvalue weighted by Crippen LogP contribution is 2.25. The van der Waals surface area contributed by atoms with Crippen molar-refractivity contribution in [3.63, 3.8) is 0 Å². The molecular weight excluding hydrogens is 412 g/mol. The second kappa shape index (κ2) is 7.92. The molecule has 0 aliphatic carbocycles. The first kappa shape index (κ1) is 19.7. The van der Waals surface area contributed by atoms with Crippen LogP contribution in [0.2, 0.25) is 5.02 Å². The van der Waals surface area contributed by atoms with Crippen molar-refractivity contribution in [2.24, 2.45) is 0 Å². The third-order valence-corrected chi connectivity index (χ3v) is 5.61. The van der Waals surface area contributed by atoms with Crippen LogP contribution in [0.15, 0.2) is 62.8 Å². The summed E-state index contributed by atoms with van der Waals surface area (Å²) in [6.07, 6.45) is 1.46. The molecule has 0 aliphatic rings. The van der Waals surface area contributed by atoms with Gasteiger partial charge in [0.25, 0.3) is 11.2 Å². The molecule has 0 unspecified atom stereocenters. The predicted octanol–water partition coefficient (Wildman–Crippen LogP) is 2.04. The van der Waals surface area contributed by atoms with E-state index in [2.05, 4.69) is 9.82 Å². The first-order chi connectivity index (χ1) is 13.3. The lowest BCUT2D eigenvalue weighted by Crippen LogP contribution is -2.32. The molecule has 2 heterocycles. The second-order valence-electron chi connectivity index (χ2n) is 5.53. The molecule has 0 bridgehead atoms. The van der Waals surface area contributed by atoms with Gasteiger partial charge in [-0.05, 0) is 24.3 Å². The molecule has 1 aromatic carbocycles.